The highest BCUT2D eigenvalue weighted by molar-refractivity contribution is 14.1. The largest absolute Gasteiger partial charge is 0.506 e. The van der Waals surface area contributed by atoms with Gasteiger partial charge in [0.1, 0.15) is 5.75 Å². The molecule has 0 spiro atoms. The third-order valence-electron chi connectivity index (χ3n) is 5.97. The SMILES string of the molecule is CCOC(=O)C1=C(C)N=c2s/c(=C\c3cc(I)c(O)c(I)c3)c(=O)n2[C@H]1c1cccc2ccccc12. The molecule has 9 heteroatoms. The van der Waals surface area contributed by atoms with Gasteiger partial charge >= 0.3 is 5.97 Å². The van der Waals surface area contributed by atoms with Gasteiger partial charge in [0.2, 0.25) is 0 Å². The summed E-state index contributed by atoms with van der Waals surface area (Å²) in [6.45, 7) is 3.77. The molecular formula is C27H20I2N2O4S. The van der Waals surface area contributed by atoms with Crippen LogP contribution in [0.15, 0.2) is 75.7 Å². The first kappa shape index (κ1) is 25.2. The molecule has 0 fully saturated rings. The minimum atomic E-state index is -0.673. The molecule has 0 aliphatic carbocycles. The van der Waals surface area contributed by atoms with Gasteiger partial charge in [0.15, 0.2) is 4.80 Å². The van der Waals surface area contributed by atoms with Gasteiger partial charge in [-0.3, -0.25) is 9.36 Å². The minimum absolute atomic E-state index is 0.223. The Labute approximate surface area is 237 Å². The van der Waals surface area contributed by atoms with E-state index in [0.717, 1.165) is 21.9 Å². The fourth-order valence-corrected chi connectivity index (χ4v) is 7.26. The maximum Gasteiger partial charge on any atom is 0.338 e. The fourth-order valence-electron chi connectivity index (χ4n) is 4.39. The van der Waals surface area contributed by atoms with Gasteiger partial charge < -0.3 is 9.84 Å². The van der Waals surface area contributed by atoms with Gasteiger partial charge in [-0.1, -0.05) is 53.8 Å². The lowest BCUT2D eigenvalue weighted by Crippen LogP contribution is -2.40. The Hall–Kier alpha value is -2.51. The quantitative estimate of drug-likeness (QED) is 0.241. The maximum atomic E-state index is 13.9. The van der Waals surface area contributed by atoms with Gasteiger partial charge in [-0.05, 0) is 99.1 Å². The molecule has 3 aromatic carbocycles. The van der Waals surface area contributed by atoms with Crippen LogP contribution in [0.5, 0.6) is 5.75 Å². The lowest BCUT2D eigenvalue weighted by Gasteiger charge is -2.25. The molecule has 2 heterocycles. The lowest BCUT2D eigenvalue weighted by molar-refractivity contribution is -0.139. The first-order valence-corrected chi connectivity index (χ1v) is 14.1. The zero-order valence-corrected chi connectivity index (χ0v) is 24.4. The molecular weight excluding hydrogens is 702 g/mol. The summed E-state index contributed by atoms with van der Waals surface area (Å²) in [6, 6.07) is 16.8. The summed E-state index contributed by atoms with van der Waals surface area (Å²) >= 11 is 5.42. The molecule has 0 saturated heterocycles. The predicted octanol–water partition coefficient (Wildman–Crippen LogP) is 4.87. The fraction of sp³-hybridized carbons (Fsp3) is 0.148. The summed E-state index contributed by atoms with van der Waals surface area (Å²) in [5.41, 5.74) is 2.31. The van der Waals surface area contributed by atoms with E-state index in [2.05, 4.69) is 50.2 Å². The molecule has 1 N–H and O–H groups in total. The van der Waals surface area contributed by atoms with Gasteiger partial charge in [-0.25, -0.2) is 9.79 Å². The van der Waals surface area contributed by atoms with Crippen molar-refractivity contribution < 1.29 is 14.6 Å². The second-order valence-corrected chi connectivity index (χ2v) is 11.5. The van der Waals surface area contributed by atoms with Crippen molar-refractivity contribution in [2.75, 3.05) is 6.61 Å². The van der Waals surface area contributed by atoms with Crippen molar-refractivity contribution in [3.05, 3.63) is 104 Å². The molecule has 4 aromatic rings. The zero-order valence-electron chi connectivity index (χ0n) is 19.3. The van der Waals surface area contributed by atoms with Crippen LogP contribution in [-0.4, -0.2) is 22.2 Å². The number of nitrogens with zero attached hydrogens (tertiary/aromatic N) is 2. The van der Waals surface area contributed by atoms with Crippen molar-refractivity contribution in [3.8, 4) is 5.75 Å². The van der Waals surface area contributed by atoms with E-state index in [9.17, 15) is 14.7 Å². The summed E-state index contributed by atoms with van der Waals surface area (Å²) in [4.78, 5) is 32.2. The van der Waals surface area contributed by atoms with Crippen molar-refractivity contribution >= 4 is 79.3 Å². The van der Waals surface area contributed by atoms with E-state index >= 15 is 0 Å². The number of benzene rings is 3. The Morgan fingerprint density at radius 1 is 1.17 bits per heavy atom. The second-order valence-electron chi connectivity index (χ2n) is 8.20. The highest BCUT2D eigenvalue weighted by Crippen LogP contribution is 2.35. The number of ether oxygens (including phenoxy) is 1. The van der Waals surface area contributed by atoms with E-state index in [1.54, 1.807) is 24.5 Å². The number of aromatic nitrogens is 1. The Balaban J connectivity index is 1.80. The third kappa shape index (κ3) is 4.41. The molecule has 0 saturated carbocycles. The van der Waals surface area contributed by atoms with E-state index < -0.39 is 12.0 Å². The van der Waals surface area contributed by atoms with Crippen molar-refractivity contribution in [2.24, 2.45) is 4.99 Å². The number of carbonyl (C=O) groups is 1. The molecule has 1 aromatic heterocycles. The lowest BCUT2D eigenvalue weighted by atomic mass is 9.91. The standard InChI is InChI=1S/C27H20I2N2O4S/c1-3-35-26(34)22-14(2)30-27-31(23(22)18-10-6-8-16-7-4-5-9-17(16)18)25(33)21(36-27)13-15-11-19(28)24(32)20(29)12-15/h4-13,23,32H,3H2,1-2H3/b21-13-/t23-/m0/s1. The Kier molecular flexibility index (Phi) is 7.05. The molecule has 5 rings (SSSR count). The summed E-state index contributed by atoms with van der Waals surface area (Å²) < 4.78 is 8.91. The summed E-state index contributed by atoms with van der Waals surface area (Å²) in [5.74, 6) is -0.255. The van der Waals surface area contributed by atoms with Crippen LogP contribution < -0.4 is 14.9 Å². The van der Waals surface area contributed by atoms with Crippen LogP contribution in [0.3, 0.4) is 0 Å². The van der Waals surface area contributed by atoms with Crippen LogP contribution in [-0.2, 0) is 9.53 Å². The maximum absolute atomic E-state index is 13.9. The smallest absolute Gasteiger partial charge is 0.338 e. The first-order valence-electron chi connectivity index (χ1n) is 11.2. The number of halogens is 2. The number of thiazole rings is 1. The first-order chi connectivity index (χ1) is 17.3. The molecule has 0 bridgehead atoms. The van der Waals surface area contributed by atoms with E-state index in [1.165, 1.54) is 11.3 Å². The number of phenols is 1. The zero-order chi connectivity index (χ0) is 25.6. The van der Waals surface area contributed by atoms with Crippen LogP contribution in [0.25, 0.3) is 16.8 Å². The highest BCUT2D eigenvalue weighted by atomic mass is 127. The number of hydrogen-bond donors (Lipinski definition) is 1. The van der Waals surface area contributed by atoms with Crippen molar-refractivity contribution in [2.45, 2.75) is 19.9 Å². The van der Waals surface area contributed by atoms with E-state index in [1.807, 2.05) is 54.6 Å². The third-order valence-corrected chi connectivity index (χ3v) is 8.60. The number of allylic oxidation sites excluding steroid dienone is 1. The van der Waals surface area contributed by atoms with Gasteiger partial charge in [0, 0.05) is 0 Å². The minimum Gasteiger partial charge on any atom is -0.506 e. The number of aromatic hydroxyl groups is 1. The molecule has 0 amide bonds. The van der Waals surface area contributed by atoms with Crippen LogP contribution >= 0.6 is 56.5 Å². The monoisotopic (exact) mass is 722 g/mol. The number of fused-ring (bicyclic) bond motifs is 2. The van der Waals surface area contributed by atoms with Gasteiger partial charge in [-0.15, -0.1) is 0 Å². The Morgan fingerprint density at radius 2 is 1.86 bits per heavy atom. The molecule has 1 atom stereocenters. The van der Waals surface area contributed by atoms with E-state index in [4.69, 9.17) is 4.74 Å². The topological polar surface area (TPSA) is 80.9 Å². The predicted molar refractivity (Wildman–Crippen MR) is 158 cm³/mol. The highest BCUT2D eigenvalue weighted by Gasteiger charge is 2.34. The van der Waals surface area contributed by atoms with Gasteiger partial charge in [0.25, 0.3) is 5.56 Å². The Morgan fingerprint density at radius 3 is 2.58 bits per heavy atom. The number of hydrogen-bond acceptors (Lipinski definition) is 6. The summed E-state index contributed by atoms with van der Waals surface area (Å²) in [5, 5.41) is 12.1. The van der Waals surface area contributed by atoms with Crippen LogP contribution in [0.1, 0.15) is 31.0 Å². The molecule has 36 heavy (non-hydrogen) atoms. The molecule has 1 aliphatic heterocycles. The van der Waals surface area contributed by atoms with Crippen molar-refractivity contribution in [3.63, 3.8) is 0 Å². The van der Waals surface area contributed by atoms with Gasteiger partial charge in [0.05, 0.1) is 35.6 Å². The van der Waals surface area contributed by atoms with Crippen LogP contribution in [0, 0.1) is 7.14 Å². The molecule has 0 radical (unpaired) electrons. The summed E-state index contributed by atoms with van der Waals surface area (Å²) in [6.07, 6.45) is 1.80. The van der Waals surface area contributed by atoms with Crippen molar-refractivity contribution in [1.82, 2.24) is 4.57 Å². The average Bonchev–Trinajstić information content (AvgIpc) is 3.15. The van der Waals surface area contributed by atoms with Crippen LogP contribution in [0.2, 0.25) is 0 Å². The number of carbonyl (C=O) groups excluding carboxylic acids is 1. The second kappa shape index (κ2) is 10.1. The normalized spacial score (nSPS) is 15.7. The average molecular weight is 722 g/mol. The van der Waals surface area contributed by atoms with Crippen LogP contribution in [0.4, 0.5) is 0 Å². The van der Waals surface area contributed by atoms with Gasteiger partial charge in [-0.2, -0.15) is 0 Å². The Bertz CT molecular complexity index is 1730. The summed E-state index contributed by atoms with van der Waals surface area (Å²) in [7, 11) is 0. The van der Waals surface area contributed by atoms with Crippen molar-refractivity contribution in [1.29, 1.82) is 0 Å². The van der Waals surface area contributed by atoms with E-state index in [-0.39, 0.29) is 17.9 Å². The molecule has 0 unspecified atom stereocenters. The molecule has 6 nitrogen and oxygen atoms in total. The number of phenolic OH excluding ortho intramolecular Hbond substituents is 1. The van der Waals surface area contributed by atoms with E-state index in [0.29, 0.717) is 27.7 Å². The number of rotatable bonds is 4. The molecule has 182 valence electrons. The molecule has 1 aliphatic rings. The number of esters is 1.